The van der Waals surface area contributed by atoms with Crippen molar-refractivity contribution in [3.63, 3.8) is 0 Å². The van der Waals surface area contributed by atoms with E-state index in [1.165, 1.54) is 7.11 Å². The van der Waals surface area contributed by atoms with Crippen molar-refractivity contribution in [1.82, 2.24) is 0 Å². The molecule has 4 heteroatoms. The van der Waals surface area contributed by atoms with E-state index in [0.717, 1.165) is 15.7 Å². The first kappa shape index (κ1) is 13.5. The average molecular weight is 318 g/mol. The van der Waals surface area contributed by atoms with Crippen LogP contribution in [0.4, 0.5) is 5.69 Å². The SMILES string of the molecule is COC(=O)c1ccc(C=Nc2ccccc2Br)cc1. The van der Waals surface area contributed by atoms with Crippen molar-refractivity contribution in [3.8, 4) is 0 Å². The van der Waals surface area contributed by atoms with Gasteiger partial charge in [-0.25, -0.2) is 4.79 Å². The summed E-state index contributed by atoms with van der Waals surface area (Å²) in [4.78, 5) is 15.7. The number of carbonyl (C=O) groups is 1. The molecule has 0 bridgehead atoms. The molecule has 0 unspecified atom stereocenters. The summed E-state index contributed by atoms with van der Waals surface area (Å²) in [7, 11) is 1.37. The van der Waals surface area contributed by atoms with Crippen LogP contribution in [0.5, 0.6) is 0 Å². The summed E-state index contributed by atoms with van der Waals surface area (Å²) in [6.07, 6.45) is 1.75. The van der Waals surface area contributed by atoms with Crippen molar-refractivity contribution in [2.45, 2.75) is 0 Å². The summed E-state index contributed by atoms with van der Waals surface area (Å²) in [5.74, 6) is -0.339. The second-order valence-electron chi connectivity index (χ2n) is 3.82. The molecule has 2 rings (SSSR count). The van der Waals surface area contributed by atoms with Gasteiger partial charge in [-0.2, -0.15) is 0 Å². The van der Waals surface area contributed by atoms with Gasteiger partial charge < -0.3 is 4.74 Å². The molecule has 0 aliphatic rings. The smallest absolute Gasteiger partial charge is 0.337 e. The lowest BCUT2D eigenvalue weighted by Gasteiger charge is -2.00. The van der Waals surface area contributed by atoms with Gasteiger partial charge in [0.2, 0.25) is 0 Å². The van der Waals surface area contributed by atoms with E-state index in [1.54, 1.807) is 18.3 Å². The Hall–Kier alpha value is -1.94. The van der Waals surface area contributed by atoms with Crippen LogP contribution in [-0.4, -0.2) is 19.3 Å². The lowest BCUT2D eigenvalue weighted by Crippen LogP contribution is -2.00. The van der Waals surface area contributed by atoms with Gasteiger partial charge in [0.05, 0.1) is 18.4 Å². The van der Waals surface area contributed by atoms with Gasteiger partial charge in [0, 0.05) is 10.7 Å². The van der Waals surface area contributed by atoms with Crippen molar-refractivity contribution in [1.29, 1.82) is 0 Å². The number of esters is 1. The van der Waals surface area contributed by atoms with Gasteiger partial charge in [0.25, 0.3) is 0 Å². The monoisotopic (exact) mass is 317 g/mol. The van der Waals surface area contributed by atoms with Gasteiger partial charge in [0.15, 0.2) is 0 Å². The minimum Gasteiger partial charge on any atom is -0.465 e. The molecule has 19 heavy (non-hydrogen) atoms. The van der Waals surface area contributed by atoms with Crippen LogP contribution >= 0.6 is 15.9 Å². The first-order valence-corrected chi connectivity index (χ1v) is 6.47. The van der Waals surface area contributed by atoms with Gasteiger partial charge in [-0.3, -0.25) is 4.99 Å². The molecule has 0 saturated carbocycles. The third-order valence-corrected chi connectivity index (χ3v) is 3.21. The van der Waals surface area contributed by atoms with Crippen LogP contribution < -0.4 is 0 Å². The minimum atomic E-state index is -0.339. The molecule has 0 atom stereocenters. The quantitative estimate of drug-likeness (QED) is 0.634. The van der Waals surface area contributed by atoms with Gasteiger partial charge in [-0.05, 0) is 45.8 Å². The number of hydrogen-bond acceptors (Lipinski definition) is 3. The van der Waals surface area contributed by atoms with E-state index in [9.17, 15) is 4.79 Å². The summed E-state index contributed by atoms with van der Waals surface area (Å²) in [6.45, 7) is 0. The van der Waals surface area contributed by atoms with Crippen LogP contribution in [0.3, 0.4) is 0 Å². The Kier molecular flexibility index (Phi) is 4.47. The number of ether oxygens (including phenoxy) is 1. The normalized spacial score (nSPS) is 10.6. The van der Waals surface area contributed by atoms with E-state index in [4.69, 9.17) is 0 Å². The van der Waals surface area contributed by atoms with Crippen LogP contribution in [0.25, 0.3) is 0 Å². The Morgan fingerprint density at radius 1 is 1.16 bits per heavy atom. The predicted octanol–water partition coefficient (Wildman–Crippen LogP) is 3.99. The van der Waals surface area contributed by atoms with Gasteiger partial charge >= 0.3 is 5.97 Å². The van der Waals surface area contributed by atoms with E-state index >= 15 is 0 Å². The molecule has 0 heterocycles. The zero-order chi connectivity index (χ0) is 13.7. The highest BCUT2D eigenvalue weighted by atomic mass is 79.9. The van der Waals surface area contributed by atoms with E-state index in [0.29, 0.717) is 5.56 Å². The topological polar surface area (TPSA) is 38.7 Å². The first-order valence-electron chi connectivity index (χ1n) is 5.67. The van der Waals surface area contributed by atoms with Crippen molar-refractivity contribution < 1.29 is 9.53 Å². The van der Waals surface area contributed by atoms with Gasteiger partial charge in [0.1, 0.15) is 0 Å². The standard InChI is InChI=1S/C15H12BrNO2/c1-19-15(18)12-8-6-11(7-9-12)10-17-14-5-3-2-4-13(14)16/h2-10H,1H3. The molecule has 0 aliphatic heterocycles. The number of methoxy groups -OCH3 is 1. The number of halogens is 1. The van der Waals surface area contributed by atoms with Crippen molar-refractivity contribution in [3.05, 3.63) is 64.1 Å². The maximum atomic E-state index is 11.3. The van der Waals surface area contributed by atoms with Crippen LogP contribution in [0, 0.1) is 0 Å². The zero-order valence-corrected chi connectivity index (χ0v) is 11.9. The maximum absolute atomic E-state index is 11.3. The van der Waals surface area contributed by atoms with Gasteiger partial charge in [-0.15, -0.1) is 0 Å². The summed E-state index contributed by atoms with van der Waals surface area (Å²) < 4.78 is 5.58. The maximum Gasteiger partial charge on any atom is 0.337 e. The molecular weight excluding hydrogens is 306 g/mol. The molecule has 2 aromatic rings. The number of nitrogens with zero attached hydrogens (tertiary/aromatic N) is 1. The van der Waals surface area contributed by atoms with Crippen molar-refractivity contribution >= 4 is 33.8 Å². The average Bonchev–Trinajstić information content (AvgIpc) is 2.46. The third-order valence-electron chi connectivity index (χ3n) is 2.54. The highest BCUT2D eigenvalue weighted by Gasteiger charge is 2.03. The molecule has 0 fully saturated rings. The number of rotatable bonds is 3. The summed E-state index contributed by atoms with van der Waals surface area (Å²) in [6, 6.07) is 14.8. The number of carbonyl (C=O) groups excluding carboxylic acids is 1. The molecule has 3 nitrogen and oxygen atoms in total. The van der Waals surface area contributed by atoms with Gasteiger partial charge in [-0.1, -0.05) is 24.3 Å². The fourth-order valence-electron chi connectivity index (χ4n) is 1.52. The van der Waals surface area contributed by atoms with E-state index in [1.807, 2.05) is 36.4 Å². The lowest BCUT2D eigenvalue weighted by molar-refractivity contribution is 0.0601. The largest absolute Gasteiger partial charge is 0.465 e. The summed E-state index contributed by atoms with van der Waals surface area (Å²) in [5.41, 5.74) is 2.31. The molecule has 0 spiro atoms. The Bertz CT molecular complexity index is 606. The zero-order valence-electron chi connectivity index (χ0n) is 10.3. The van der Waals surface area contributed by atoms with Crippen LogP contribution in [-0.2, 0) is 4.74 Å². The predicted molar refractivity (Wildman–Crippen MR) is 79.2 cm³/mol. The Balaban J connectivity index is 2.16. The Morgan fingerprint density at radius 2 is 1.84 bits per heavy atom. The number of benzene rings is 2. The number of hydrogen-bond donors (Lipinski definition) is 0. The second-order valence-corrected chi connectivity index (χ2v) is 4.68. The number of para-hydroxylation sites is 1. The van der Waals surface area contributed by atoms with E-state index in [-0.39, 0.29) is 5.97 Å². The summed E-state index contributed by atoms with van der Waals surface area (Å²) in [5, 5.41) is 0. The third kappa shape index (κ3) is 3.51. The lowest BCUT2D eigenvalue weighted by atomic mass is 10.1. The fraction of sp³-hybridized carbons (Fsp3) is 0.0667. The van der Waals surface area contributed by atoms with E-state index in [2.05, 4.69) is 25.7 Å². The number of aliphatic imine (C=N–C) groups is 1. The summed E-state index contributed by atoms with van der Waals surface area (Å²) >= 11 is 3.43. The van der Waals surface area contributed by atoms with Crippen LogP contribution in [0.1, 0.15) is 15.9 Å². The van der Waals surface area contributed by atoms with E-state index < -0.39 is 0 Å². The first-order chi connectivity index (χ1) is 9.20. The molecule has 0 radical (unpaired) electrons. The highest BCUT2D eigenvalue weighted by Crippen LogP contribution is 2.24. The second kappa shape index (κ2) is 6.29. The molecular formula is C15H12BrNO2. The molecule has 2 aromatic carbocycles. The van der Waals surface area contributed by atoms with Crippen molar-refractivity contribution in [2.75, 3.05) is 7.11 Å². The molecule has 0 N–H and O–H groups in total. The Morgan fingerprint density at radius 3 is 2.47 bits per heavy atom. The molecule has 0 amide bonds. The molecule has 0 aromatic heterocycles. The Labute approximate surface area is 120 Å². The highest BCUT2D eigenvalue weighted by molar-refractivity contribution is 9.10. The molecule has 96 valence electrons. The van der Waals surface area contributed by atoms with Crippen LogP contribution in [0.2, 0.25) is 0 Å². The fourth-order valence-corrected chi connectivity index (χ4v) is 1.91. The molecule has 0 saturated heterocycles. The minimum absolute atomic E-state index is 0.339. The van der Waals surface area contributed by atoms with Crippen molar-refractivity contribution in [2.24, 2.45) is 4.99 Å². The van der Waals surface area contributed by atoms with Crippen LogP contribution in [0.15, 0.2) is 58.0 Å². The molecule has 0 aliphatic carbocycles.